The van der Waals surface area contributed by atoms with Crippen LogP contribution in [0.2, 0.25) is 0 Å². The maximum Gasteiger partial charge on any atom is 0.222 e. The summed E-state index contributed by atoms with van der Waals surface area (Å²) in [7, 11) is 0. The summed E-state index contributed by atoms with van der Waals surface area (Å²) < 4.78 is 5.23. The van der Waals surface area contributed by atoms with Crippen molar-refractivity contribution in [3.05, 3.63) is 24.2 Å². The standard InChI is InChI=1S/C16H28N4O3/c1-5-17-15(19-9-8-18-14(21)12(2)3)20-11-16(4,22)13-7-6-10-23-13/h6-7,10,12,22H,5,8-9,11H2,1-4H3,(H,18,21)(H2,17,19,20). The van der Waals surface area contributed by atoms with E-state index in [1.165, 1.54) is 6.26 Å². The van der Waals surface area contributed by atoms with Gasteiger partial charge in [0.05, 0.1) is 12.8 Å². The van der Waals surface area contributed by atoms with Gasteiger partial charge in [0.1, 0.15) is 11.4 Å². The number of rotatable bonds is 8. The molecule has 0 aliphatic carbocycles. The molecule has 0 saturated heterocycles. The number of aliphatic imine (C=N–C) groups is 1. The van der Waals surface area contributed by atoms with E-state index in [1.54, 1.807) is 19.1 Å². The fourth-order valence-corrected chi connectivity index (χ4v) is 1.81. The van der Waals surface area contributed by atoms with Crippen molar-refractivity contribution in [2.75, 3.05) is 26.2 Å². The number of aliphatic hydroxyl groups is 1. The van der Waals surface area contributed by atoms with Gasteiger partial charge in [-0.2, -0.15) is 0 Å². The molecule has 7 nitrogen and oxygen atoms in total. The second-order valence-electron chi connectivity index (χ2n) is 5.82. The Hall–Kier alpha value is -2.02. The predicted octanol–water partition coefficient (Wildman–Crippen LogP) is 0.814. The Balaban J connectivity index is 2.48. The van der Waals surface area contributed by atoms with Gasteiger partial charge in [0.2, 0.25) is 5.91 Å². The van der Waals surface area contributed by atoms with E-state index in [9.17, 15) is 9.90 Å². The Labute approximate surface area is 137 Å². The molecule has 4 N–H and O–H groups in total. The highest BCUT2D eigenvalue weighted by Gasteiger charge is 2.26. The van der Waals surface area contributed by atoms with Crippen molar-refractivity contribution in [1.29, 1.82) is 0 Å². The van der Waals surface area contributed by atoms with Crippen LogP contribution in [0.4, 0.5) is 0 Å². The van der Waals surface area contributed by atoms with Crippen molar-refractivity contribution in [1.82, 2.24) is 16.0 Å². The second kappa shape index (κ2) is 9.19. The molecule has 23 heavy (non-hydrogen) atoms. The van der Waals surface area contributed by atoms with Gasteiger partial charge >= 0.3 is 0 Å². The fraction of sp³-hybridized carbons (Fsp3) is 0.625. The number of carbonyl (C=O) groups excluding carboxylic acids is 1. The van der Waals surface area contributed by atoms with Gasteiger partial charge in [0, 0.05) is 25.6 Å². The highest BCUT2D eigenvalue weighted by atomic mass is 16.4. The molecule has 0 aromatic carbocycles. The fourth-order valence-electron chi connectivity index (χ4n) is 1.81. The van der Waals surface area contributed by atoms with Crippen molar-refractivity contribution < 1.29 is 14.3 Å². The summed E-state index contributed by atoms with van der Waals surface area (Å²) in [4.78, 5) is 15.8. The van der Waals surface area contributed by atoms with Gasteiger partial charge in [-0.15, -0.1) is 0 Å². The molecule has 1 heterocycles. The molecule has 0 aliphatic heterocycles. The maximum atomic E-state index is 11.5. The molecule has 0 bridgehead atoms. The lowest BCUT2D eigenvalue weighted by Gasteiger charge is -2.19. The van der Waals surface area contributed by atoms with Crippen LogP contribution in [0.3, 0.4) is 0 Å². The Morgan fingerprint density at radius 1 is 1.35 bits per heavy atom. The highest BCUT2D eigenvalue weighted by molar-refractivity contribution is 5.80. The molecule has 0 saturated carbocycles. The Morgan fingerprint density at radius 2 is 2.04 bits per heavy atom. The molecule has 1 unspecified atom stereocenters. The largest absolute Gasteiger partial charge is 0.466 e. The third kappa shape index (κ3) is 6.73. The van der Waals surface area contributed by atoms with E-state index in [1.807, 2.05) is 20.8 Å². The lowest BCUT2D eigenvalue weighted by atomic mass is 10.0. The van der Waals surface area contributed by atoms with E-state index in [4.69, 9.17) is 4.42 Å². The number of guanidine groups is 1. The summed E-state index contributed by atoms with van der Waals surface area (Å²) >= 11 is 0. The first-order chi connectivity index (χ1) is 10.9. The van der Waals surface area contributed by atoms with Gasteiger partial charge in [-0.1, -0.05) is 13.8 Å². The monoisotopic (exact) mass is 324 g/mol. The Morgan fingerprint density at radius 3 is 2.61 bits per heavy atom. The van der Waals surface area contributed by atoms with Crippen LogP contribution in [-0.2, 0) is 10.4 Å². The van der Waals surface area contributed by atoms with E-state index >= 15 is 0 Å². The van der Waals surface area contributed by atoms with Gasteiger partial charge in [-0.05, 0) is 26.0 Å². The lowest BCUT2D eigenvalue weighted by Crippen LogP contribution is -2.42. The molecule has 1 aromatic heterocycles. The molecule has 7 heteroatoms. The van der Waals surface area contributed by atoms with E-state index < -0.39 is 5.60 Å². The predicted molar refractivity (Wildman–Crippen MR) is 90.1 cm³/mol. The van der Waals surface area contributed by atoms with E-state index in [0.29, 0.717) is 31.4 Å². The van der Waals surface area contributed by atoms with Crippen LogP contribution in [-0.4, -0.2) is 43.2 Å². The quantitative estimate of drug-likeness (QED) is 0.322. The first-order valence-electron chi connectivity index (χ1n) is 7.93. The molecule has 1 atom stereocenters. The third-order valence-corrected chi connectivity index (χ3v) is 3.18. The molecule has 1 amide bonds. The van der Waals surface area contributed by atoms with Gasteiger partial charge in [0.15, 0.2) is 5.96 Å². The van der Waals surface area contributed by atoms with Gasteiger partial charge in [-0.3, -0.25) is 4.79 Å². The zero-order chi connectivity index (χ0) is 17.3. The topological polar surface area (TPSA) is 98.9 Å². The summed E-state index contributed by atoms with van der Waals surface area (Å²) in [6.07, 6.45) is 1.52. The average molecular weight is 324 g/mol. The minimum absolute atomic E-state index is 0.0227. The Bertz CT molecular complexity index is 495. The van der Waals surface area contributed by atoms with Crippen molar-refractivity contribution >= 4 is 11.9 Å². The van der Waals surface area contributed by atoms with Crippen molar-refractivity contribution in [3.8, 4) is 0 Å². The number of amides is 1. The van der Waals surface area contributed by atoms with Gasteiger partial charge in [-0.25, -0.2) is 4.99 Å². The van der Waals surface area contributed by atoms with Gasteiger partial charge in [0.25, 0.3) is 0 Å². The van der Waals surface area contributed by atoms with Crippen LogP contribution < -0.4 is 16.0 Å². The van der Waals surface area contributed by atoms with E-state index in [0.717, 1.165) is 0 Å². The summed E-state index contributed by atoms with van der Waals surface area (Å²) in [5.74, 6) is 1.05. The summed E-state index contributed by atoms with van der Waals surface area (Å²) in [5, 5.41) is 19.4. The number of furan rings is 1. The lowest BCUT2D eigenvalue weighted by molar-refractivity contribution is -0.123. The van der Waals surface area contributed by atoms with E-state index in [-0.39, 0.29) is 18.4 Å². The normalized spacial score (nSPS) is 14.4. The molecule has 0 spiro atoms. The zero-order valence-corrected chi connectivity index (χ0v) is 14.3. The van der Waals surface area contributed by atoms with Gasteiger partial charge < -0.3 is 25.5 Å². The molecule has 1 rings (SSSR count). The smallest absolute Gasteiger partial charge is 0.222 e. The van der Waals surface area contributed by atoms with Crippen molar-refractivity contribution in [3.63, 3.8) is 0 Å². The molecular formula is C16H28N4O3. The second-order valence-corrected chi connectivity index (χ2v) is 5.82. The van der Waals surface area contributed by atoms with Crippen molar-refractivity contribution in [2.24, 2.45) is 10.9 Å². The SMILES string of the molecule is CCNC(=NCC(C)(O)c1ccco1)NCCNC(=O)C(C)C. The summed E-state index contributed by atoms with van der Waals surface area (Å²) in [6, 6.07) is 3.45. The van der Waals surface area contributed by atoms with Crippen LogP contribution in [0, 0.1) is 5.92 Å². The molecule has 0 radical (unpaired) electrons. The highest BCUT2D eigenvalue weighted by Crippen LogP contribution is 2.20. The number of hydrogen-bond acceptors (Lipinski definition) is 4. The summed E-state index contributed by atoms with van der Waals surface area (Å²) in [6.45, 7) is 9.24. The van der Waals surface area contributed by atoms with Crippen LogP contribution >= 0.6 is 0 Å². The van der Waals surface area contributed by atoms with Crippen LogP contribution in [0.1, 0.15) is 33.5 Å². The number of nitrogens with zero attached hydrogens (tertiary/aromatic N) is 1. The maximum absolute atomic E-state index is 11.5. The first-order valence-corrected chi connectivity index (χ1v) is 7.93. The van der Waals surface area contributed by atoms with Crippen molar-refractivity contribution in [2.45, 2.75) is 33.3 Å². The minimum Gasteiger partial charge on any atom is -0.466 e. The number of nitrogens with one attached hydrogen (secondary N) is 3. The van der Waals surface area contributed by atoms with Crippen LogP contribution in [0.5, 0.6) is 0 Å². The molecule has 0 fully saturated rings. The van der Waals surface area contributed by atoms with Crippen LogP contribution in [0.15, 0.2) is 27.8 Å². The summed E-state index contributed by atoms with van der Waals surface area (Å²) in [5.41, 5.74) is -1.17. The zero-order valence-electron chi connectivity index (χ0n) is 14.3. The number of hydrogen-bond donors (Lipinski definition) is 4. The minimum atomic E-state index is -1.17. The molecular weight excluding hydrogens is 296 g/mol. The van der Waals surface area contributed by atoms with Crippen LogP contribution in [0.25, 0.3) is 0 Å². The molecule has 0 aliphatic rings. The van der Waals surface area contributed by atoms with E-state index in [2.05, 4.69) is 20.9 Å². The number of carbonyl (C=O) groups is 1. The third-order valence-electron chi connectivity index (χ3n) is 3.18. The molecule has 1 aromatic rings. The Kier molecular flexibility index (Phi) is 7.61. The molecule has 130 valence electrons. The average Bonchev–Trinajstić information content (AvgIpc) is 3.03. The first kappa shape index (κ1) is 19.0.